The summed E-state index contributed by atoms with van der Waals surface area (Å²) in [6, 6.07) is 0.267. The van der Waals surface area contributed by atoms with Crippen LogP contribution in [-0.2, 0) is 18.8 Å². The molecule has 5 heteroatoms. The molecule has 2 aliphatic carbocycles. The lowest BCUT2D eigenvalue weighted by molar-refractivity contribution is -0.0108. The van der Waals surface area contributed by atoms with Gasteiger partial charge in [-0.05, 0) is 32.1 Å². The first-order valence-corrected chi connectivity index (χ1v) is 6.84. The molecule has 1 saturated carbocycles. The van der Waals surface area contributed by atoms with E-state index in [4.69, 9.17) is 0 Å². The van der Waals surface area contributed by atoms with Crippen molar-refractivity contribution in [2.24, 2.45) is 0 Å². The third-order valence-electron chi connectivity index (χ3n) is 4.12. The van der Waals surface area contributed by atoms with Crippen molar-refractivity contribution in [2.45, 2.75) is 56.9 Å². The van der Waals surface area contributed by atoms with Crippen molar-refractivity contribution in [3.63, 3.8) is 0 Å². The number of H-pyrrole nitrogens is 1. The Morgan fingerprint density at radius 3 is 2.78 bits per heavy atom. The average Bonchev–Trinajstić information content (AvgIpc) is 3.03. The van der Waals surface area contributed by atoms with E-state index < -0.39 is 5.92 Å². The number of nitrogens with zero attached hydrogens (tertiary/aromatic N) is 1. The fraction of sp³-hybridized carbons (Fsp3) is 0.769. The van der Waals surface area contributed by atoms with E-state index in [1.54, 1.807) is 0 Å². The van der Waals surface area contributed by atoms with Crippen LogP contribution < -0.4 is 5.32 Å². The molecule has 0 unspecified atom stereocenters. The van der Waals surface area contributed by atoms with Gasteiger partial charge in [-0.15, -0.1) is 0 Å². The van der Waals surface area contributed by atoms with E-state index in [0.717, 1.165) is 56.2 Å². The lowest BCUT2D eigenvalue weighted by atomic mass is 10.1. The third-order valence-corrected chi connectivity index (χ3v) is 4.12. The summed E-state index contributed by atoms with van der Waals surface area (Å²) in [5.74, 6) is -2.85. The second kappa shape index (κ2) is 4.61. The predicted octanol–water partition coefficient (Wildman–Crippen LogP) is 2.52. The highest BCUT2D eigenvalue weighted by molar-refractivity contribution is 5.32. The summed E-state index contributed by atoms with van der Waals surface area (Å²) < 4.78 is 28.3. The molecule has 100 valence electrons. The molecular formula is C13H19F2N3. The molecule has 0 spiro atoms. The zero-order chi connectivity index (χ0) is 12.6. The second-order valence-corrected chi connectivity index (χ2v) is 5.45. The van der Waals surface area contributed by atoms with Gasteiger partial charge in [-0.2, -0.15) is 13.9 Å². The third kappa shape index (κ3) is 2.16. The number of aromatic nitrogens is 2. The molecule has 1 heterocycles. The fourth-order valence-electron chi connectivity index (χ4n) is 3.11. The minimum absolute atomic E-state index is 0.0273. The van der Waals surface area contributed by atoms with Crippen LogP contribution in [0.5, 0.6) is 0 Å². The maximum atomic E-state index is 14.2. The van der Waals surface area contributed by atoms with Crippen LogP contribution in [-0.4, -0.2) is 22.8 Å². The molecule has 0 saturated heterocycles. The zero-order valence-electron chi connectivity index (χ0n) is 10.4. The normalized spacial score (nSPS) is 20.6. The number of halogens is 2. The Balaban J connectivity index is 1.68. The molecule has 3 nitrogen and oxygen atoms in total. The van der Waals surface area contributed by atoms with Crippen molar-refractivity contribution in [2.75, 3.05) is 6.54 Å². The minimum Gasteiger partial charge on any atom is -0.308 e. The SMILES string of the molecule is FC(F)(CNC1CCCC1)c1n[nH]c2c1CCC2. The molecule has 0 aromatic carbocycles. The Labute approximate surface area is 105 Å². The predicted molar refractivity (Wildman–Crippen MR) is 64.8 cm³/mol. The Hall–Kier alpha value is -0.970. The van der Waals surface area contributed by atoms with Gasteiger partial charge < -0.3 is 5.32 Å². The number of rotatable bonds is 4. The monoisotopic (exact) mass is 255 g/mol. The summed E-state index contributed by atoms with van der Waals surface area (Å²) >= 11 is 0. The molecule has 0 atom stereocenters. The lowest BCUT2D eigenvalue weighted by Gasteiger charge is -2.19. The van der Waals surface area contributed by atoms with Crippen LogP contribution in [0.2, 0.25) is 0 Å². The first kappa shape index (κ1) is 12.1. The van der Waals surface area contributed by atoms with Crippen LogP contribution in [0.4, 0.5) is 8.78 Å². The Morgan fingerprint density at radius 2 is 2.00 bits per heavy atom. The molecule has 18 heavy (non-hydrogen) atoms. The van der Waals surface area contributed by atoms with Gasteiger partial charge in [0.05, 0.1) is 6.54 Å². The molecule has 0 bridgehead atoms. The first-order valence-electron chi connectivity index (χ1n) is 6.84. The smallest absolute Gasteiger partial charge is 0.303 e. The van der Waals surface area contributed by atoms with Crippen LogP contribution in [0.25, 0.3) is 0 Å². The maximum Gasteiger partial charge on any atom is 0.303 e. The van der Waals surface area contributed by atoms with E-state index in [9.17, 15) is 8.78 Å². The summed E-state index contributed by atoms with van der Waals surface area (Å²) in [7, 11) is 0. The molecule has 0 aliphatic heterocycles. The zero-order valence-corrected chi connectivity index (χ0v) is 10.4. The van der Waals surface area contributed by atoms with Crippen molar-refractivity contribution in [1.29, 1.82) is 0 Å². The van der Waals surface area contributed by atoms with Gasteiger partial charge in [-0.25, -0.2) is 0 Å². The van der Waals surface area contributed by atoms with Crippen LogP contribution in [0.3, 0.4) is 0 Å². The van der Waals surface area contributed by atoms with Gasteiger partial charge in [0.15, 0.2) is 0 Å². The largest absolute Gasteiger partial charge is 0.308 e. The molecular weight excluding hydrogens is 236 g/mol. The summed E-state index contributed by atoms with van der Waals surface area (Å²) in [6.45, 7) is -0.283. The summed E-state index contributed by atoms with van der Waals surface area (Å²) in [6.07, 6.45) is 6.91. The summed E-state index contributed by atoms with van der Waals surface area (Å²) in [4.78, 5) is 0. The average molecular weight is 255 g/mol. The Kier molecular flexibility index (Phi) is 3.09. The number of nitrogens with one attached hydrogen (secondary N) is 2. The van der Waals surface area contributed by atoms with Gasteiger partial charge >= 0.3 is 5.92 Å². The molecule has 3 rings (SSSR count). The van der Waals surface area contributed by atoms with E-state index in [2.05, 4.69) is 15.5 Å². The first-order chi connectivity index (χ1) is 8.67. The van der Waals surface area contributed by atoms with E-state index >= 15 is 0 Å². The quantitative estimate of drug-likeness (QED) is 0.868. The number of hydrogen-bond donors (Lipinski definition) is 2. The number of fused-ring (bicyclic) bond motifs is 1. The summed E-state index contributed by atoms with van der Waals surface area (Å²) in [5.41, 5.74) is 1.64. The second-order valence-electron chi connectivity index (χ2n) is 5.45. The molecule has 0 amide bonds. The molecule has 0 radical (unpaired) electrons. The van der Waals surface area contributed by atoms with E-state index in [0.29, 0.717) is 0 Å². The van der Waals surface area contributed by atoms with Crippen molar-refractivity contribution in [1.82, 2.24) is 15.5 Å². The summed E-state index contributed by atoms with van der Waals surface area (Å²) in [5, 5.41) is 9.60. The molecule has 1 aromatic heterocycles. The van der Waals surface area contributed by atoms with Gasteiger partial charge in [0.1, 0.15) is 5.69 Å². The van der Waals surface area contributed by atoms with E-state index in [1.165, 1.54) is 0 Å². The highest BCUT2D eigenvalue weighted by Gasteiger charge is 2.39. The van der Waals surface area contributed by atoms with Gasteiger partial charge in [-0.3, -0.25) is 5.10 Å². The van der Waals surface area contributed by atoms with Crippen molar-refractivity contribution in [3.05, 3.63) is 17.0 Å². The topological polar surface area (TPSA) is 40.7 Å². The van der Waals surface area contributed by atoms with Crippen molar-refractivity contribution >= 4 is 0 Å². The standard InChI is InChI=1S/C13H19F2N3/c14-13(15,8-16-9-4-1-2-5-9)12-10-6-3-7-11(10)17-18-12/h9,16H,1-8H2,(H,17,18). The lowest BCUT2D eigenvalue weighted by Crippen LogP contribution is -2.37. The van der Waals surface area contributed by atoms with Crippen LogP contribution in [0.1, 0.15) is 49.1 Å². The highest BCUT2D eigenvalue weighted by atomic mass is 19.3. The number of aromatic amines is 1. The van der Waals surface area contributed by atoms with Crippen molar-refractivity contribution < 1.29 is 8.78 Å². The van der Waals surface area contributed by atoms with Crippen LogP contribution in [0.15, 0.2) is 0 Å². The molecule has 2 aliphatic rings. The van der Waals surface area contributed by atoms with E-state index in [1.807, 2.05) is 0 Å². The van der Waals surface area contributed by atoms with E-state index in [-0.39, 0.29) is 18.3 Å². The number of aryl methyl sites for hydroxylation is 1. The van der Waals surface area contributed by atoms with Crippen LogP contribution in [0, 0.1) is 0 Å². The van der Waals surface area contributed by atoms with Gasteiger partial charge in [0.25, 0.3) is 0 Å². The molecule has 2 N–H and O–H groups in total. The highest BCUT2D eigenvalue weighted by Crippen LogP contribution is 2.34. The van der Waals surface area contributed by atoms with Crippen LogP contribution >= 0.6 is 0 Å². The fourth-order valence-corrected chi connectivity index (χ4v) is 3.11. The van der Waals surface area contributed by atoms with Crippen molar-refractivity contribution in [3.8, 4) is 0 Å². The minimum atomic E-state index is -2.85. The Bertz CT molecular complexity index is 422. The number of alkyl halides is 2. The molecule has 1 aromatic rings. The number of hydrogen-bond acceptors (Lipinski definition) is 2. The maximum absolute atomic E-state index is 14.2. The van der Waals surface area contributed by atoms with Gasteiger partial charge in [-0.1, -0.05) is 12.8 Å². The molecule has 1 fully saturated rings. The van der Waals surface area contributed by atoms with Gasteiger partial charge in [0.2, 0.25) is 0 Å². The van der Waals surface area contributed by atoms with Gasteiger partial charge in [0, 0.05) is 17.3 Å². The Morgan fingerprint density at radius 1 is 1.22 bits per heavy atom.